The van der Waals surface area contributed by atoms with Gasteiger partial charge in [-0.1, -0.05) is 24.3 Å². The zero-order valence-electron chi connectivity index (χ0n) is 16.4. The molecular weight excluding hydrogens is 371 g/mol. The van der Waals surface area contributed by atoms with Gasteiger partial charge in [-0.25, -0.2) is 9.59 Å². The lowest BCUT2D eigenvalue weighted by molar-refractivity contribution is -0.138. The van der Waals surface area contributed by atoms with E-state index in [2.05, 4.69) is 0 Å². The molecule has 0 heterocycles. The van der Waals surface area contributed by atoms with Crippen LogP contribution in [0.25, 0.3) is 12.2 Å². The molecule has 1 radical (unpaired) electrons. The van der Waals surface area contributed by atoms with E-state index in [0.29, 0.717) is 24.7 Å². The first-order valence-corrected chi connectivity index (χ1v) is 9.15. The molecule has 29 heavy (non-hydrogen) atoms. The lowest BCUT2D eigenvalue weighted by Crippen LogP contribution is -2.10. The van der Waals surface area contributed by atoms with Crippen molar-refractivity contribution in [2.24, 2.45) is 0 Å². The Morgan fingerprint density at radius 3 is 1.45 bits per heavy atom. The third-order valence-corrected chi connectivity index (χ3v) is 3.53. The lowest BCUT2D eigenvalue weighted by Gasteiger charge is -2.07. The maximum Gasteiger partial charge on any atom is 0.658 e. The van der Waals surface area contributed by atoms with E-state index < -0.39 is 0 Å². The lowest BCUT2D eigenvalue weighted by atomic mass is 10.2. The molecule has 0 fully saturated rings. The van der Waals surface area contributed by atoms with Crippen LogP contribution in [0.2, 0.25) is 0 Å². The van der Waals surface area contributed by atoms with Crippen LogP contribution < -0.4 is 9.31 Å². The zero-order valence-corrected chi connectivity index (χ0v) is 16.4. The highest BCUT2D eigenvalue weighted by Crippen LogP contribution is 2.15. The third-order valence-electron chi connectivity index (χ3n) is 3.53. The summed E-state index contributed by atoms with van der Waals surface area (Å²) in [7, 11) is 1.23. The van der Waals surface area contributed by atoms with Gasteiger partial charge >= 0.3 is 19.6 Å². The Balaban J connectivity index is 1.78. The minimum atomic E-state index is -0.378. The Hall–Kier alpha value is -3.48. The fourth-order valence-corrected chi connectivity index (χ4v) is 2.16. The molecule has 2 aromatic carbocycles. The standard InChI is InChI=1S/C22H22BO6/c1-3-26-21(24)15-9-17-5-11-19(12-6-17)28-23-29-20-13-7-18(8-14-20)10-16-22(25)27-4-2/h5-16H,3-4H2,1-2H3. The van der Waals surface area contributed by atoms with E-state index in [-0.39, 0.29) is 11.9 Å². The Kier molecular flexibility index (Phi) is 9.09. The molecule has 0 aliphatic carbocycles. The van der Waals surface area contributed by atoms with Crippen molar-refractivity contribution in [1.82, 2.24) is 0 Å². The summed E-state index contributed by atoms with van der Waals surface area (Å²) in [6.07, 6.45) is 6.08. The first-order valence-electron chi connectivity index (χ1n) is 9.15. The minimum Gasteiger partial charge on any atom is -0.526 e. The molecule has 2 rings (SSSR count). The molecule has 0 aromatic heterocycles. The second-order valence-corrected chi connectivity index (χ2v) is 5.64. The second-order valence-electron chi connectivity index (χ2n) is 5.64. The van der Waals surface area contributed by atoms with Gasteiger partial charge < -0.3 is 18.8 Å². The van der Waals surface area contributed by atoms with Crippen LogP contribution in [0.1, 0.15) is 25.0 Å². The van der Waals surface area contributed by atoms with Crippen LogP contribution in [0, 0.1) is 0 Å². The van der Waals surface area contributed by atoms with Crippen molar-refractivity contribution in [3.63, 3.8) is 0 Å². The van der Waals surface area contributed by atoms with E-state index in [4.69, 9.17) is 18.8 Å². The highest BCUT2D eigenvalue weighted by atomic mass is 16.6. The van der Waals surface area contributed by atoms with Crippen LogP contribution in [-0.4, -0.2) is 32.8 Å². The van der Waals surface area contributed by atoms with Crippen molar-refractivity contribution in [1.29, 1.82) is 0 Å². The molecule has 0 unspecified atom stereocenters. The van der Waals surface area contributed by atoms with Gasteiger partial charge in [-0.05, 0) is 61.4 Å². The van der Waals surface area contributed by atoms with Gasteiger partial charge in [-0.15, -0.1) is 0 Å². The maximum absolute atomic E-state index is 11.3. The number of carbonyl (C=O) groups is 2. The summed E-state index contributed by atoms with van der Waals surface area (Å²) in [4.78, 5) is 22.6. The van der Waals surface area contributed by atoms with Gasteiger partial charge in [0.1, 0.15) is 11.5 Å². The summed E-state index contributed by atoms with van der Waals surface area (Å²) in [5.74, 6) is 0.425. The molecule has 7 heteroatoms. The summed E-state index contributed by atoms with van der Waals surface area (Å²) in [6, 6.07) is 14.3. The van der Waals surface area contributed by atoms with Crippen molar-refractivity contribution >= 4 is 31.8 Å². The number of benzene rings is 2. The Morgan fingerprint density at radius 1 is 0.724 bits per heavy atom. The molecule has 0 spiro atoms. The van der Waals surface area contributed by atoms with Crippen LogP contribution in [0.3, 0.4) is 0 Å². The largest absolute Gasteiger partial charge is 0.658 e. The molecule has 0 atom stereocenters. The van der Waals surface area contributed by atoms with E-state index in [9.17, 15) is 9.59 Å². The highest BCUT2D eigenvalue weighted by Gasteiger charge is 2.02. The average Bonchev–Trinajstić information content (AvgIpc) is 2.73. The summed E-state index contributed by atoms with van der Waals surface area (Å²) < 4.78 is 20.5. The molecule has 0 saturated heterocycles. The van der Waals surface area contributed by atoms with Crippen LogP contribution in [0.15, 0.2) is 60.7 Å². The van der Waals surface area contributed by atoms with Gasteiger partial charge in [0.05, 0.1) is 13.2 Å². The molecular formula is C22H22BO6. The first kappa shape index (κ1) is 21.8. The van der Waals surface area contributed by atoms with E-state index >= 15 is 0 Å². The molecule has 0 aliphatic heterocycles. The normalized spacial score (nSPS) is 10.7. The van der Waals surface area contributed by atoms with E-state index in [1.807, 2.05) is 24.3 Å². The van der Waals surface area contributed by atoms with Crippen LogP contribution >= 0.6 is 0 Å². The predicted octanol–water partition coefficient (Wildman–Crippen LogP) is 3.83. The highest BCUT2D eigenvalue weighted by molar-refractivity contribution is 6.20. The SMILES string of the molecule is CCOC(=O)C=Cc1ccc(O[B]Oc2ccc(C=CC(=O)OCC)cc2)cc1. The van der Waals surface area contributed by atoms with Crippen molar-refractivity contribution in [2.45, 2.75) is 13.8 Å². The van der Waals surface area contributed by atoms with E-state index in [0.717, 1.165) is 11.1 Å². The number of hydrogen-bond donors (Lipinski definition) is 0. The molecule has 0 saturated carbocycles. The maximum atomic E-state index is 11.3. The molecule has 0 N–H and O–H groups in total. The van der Waals surface area contributed by atoms with Crippen LogP contribution in [-0.2, 0) is 19.1 Å². The van der Waals surface area contributed by atoms with Gasteiger partial charge in [0, 0.05) is 12.2 Å². The molecule has 0 aliphatic rings. The second kappa shape index (κ2) is 12.1. The molecule has 2 aromatic rings. The Labute approximate surface area is 171 Å². The van der Waals surface area contributed by atoms with Crippen molar-refractivity contribution < 1.29 is 28.4 Å². The fraction of sp³-hybridized carbons (Fsp3) is 0.182. The van der Waals surface area contributed by atoms with Crippen LogP contribution in [0.5, 0.6) is 11.5 Å². The topological polar surface area (TPSA) is 71.1 Å². The van der Waals surface area contributed by atoms with Gasteiger partial charge in [0.2, 0.25) is 0 Å². The van der Waals surface area contributed by atoms with E-state index in [1.165, 1.54) is 19.8 Å². The molecule has 0 amide bonds. The van der Waals surface area contributed by atoms with E-state index in [1.54, 1.807) is 50.3 Å². The summed E-state index contributed by atoms with van der Waals surface area (Å²) in [6.45, 7) is 4.21. The summed E-state index contributed by atoms with van der Waals surface area (Å²) in [5, 5.41) is 0. The number of esters is 2. The van der Waals surface area contributed by atoms with Crippen molar-refractivity contribution in [3.05, 3.63) is 71.8 Å². The van der Waals surface area contributed by atoms with Gasteiger partial charge in [0.25, 0.3) is 0 Å². The monoisotopic (exact) mass is 393 g/mol. The van der Waals surface area contributed by atoms with Crippen molar-refractivity contribution in [3.8, 4) is 11.5 Å². The number of hydrogen-bond acceptors (Lipinski definition) is 6. The van der Waals surface area contributed by atoms with Gasteiger partial charge in [0.15, 0.2) is 0 Å². The Bertz CT molecular complexity index is 769. The average molecular weight is 393 g/mol. The molecule has 6 nitrogen and oxygen atoms in total. The Morgan fingerprint density at radius 2 is 1.10 bits per heavy atom. The fourth-order valence-electron chi connectivity index (χ4n) is 2.16. The van der Waals surface area contributed by atoms with Gasteiger partial charge in [-0.3, -0.25) is 0 Å². The van der Waals surface area contributed by atoms with Crippen molar-refractivity contribution in [2.75, 3.05) is 13.2 Å². The molecule has 0 bridgehead atoms. The van der Waals surface area contributed by atoms with Crippen LogP contribution in [0.4, 0.5) is 0 Å². The number of ether oxygens (including phenoxy) is 2. The third kappa shape index (κ3) is 8.38. The summed E-state index contributed by atoms with van der Waals surface area (Å²) >= 11 is 0. The zero-order chi connectivity index (χ0) is 20.9. The first-order chi connectivity index (χ1) is 14.1. The predicted molar refractivity (Wildman–Crippen MR) is 111 cm³/mol. The number of rotatable bonds is 10. The van der Waals surface area contributed by atoms with Gasteiger partial charge in [-0.2, -0.15) is 0 Å². The molecule has 149 valence electrons. The quantitative estimate of drug-likeness (QED) is 0.347. The minimum absolute atomic E-state index is 0.346. The smallest absolute Gasteiger partial charge is 0.526 e. The number of carbonyl (C=O) groups excluding carboxylic acids is 2. The summed E-state index contributed by atoms with van der Waals surface area (Å²) in [5.41, 5.74) is 1.69.